The van der Waals surface area contributed by atoms with Crippen molar-refractivity contribution >= 4 is 68.7 Å². The molecule has 0 bridgehead atoms. The molecule has 0 aromatic rings. The molecule has 2 aliphatic rings. The number of carbonyl (C=O) groups excluding carboxylic acids is 4. The summed E-state index contributed by atoms with van der Waals surface area (Å²) in [5, 5.41) is 0. The lowest BCUT2D eigenvalue weighted by atomic mass is 9.63. The largest absolute Gasteiger partial charge is 0.458 e. The highest BCUT2D eigenvalue weighted by molar-refractivity contribution is 14.1. The Morgan fingerprint density at radius 3 is 1.39 bits per heavy atom. The van der Waals surface area contributed by atoms with E-state index in [4.69, 9.17) is 9.47 Å². The number of hydrogen-bond acceptors (Lipinski definition) is 6. The lowest BCUT2D eigenvalue weighted by Crippen LogP contribution is -2.50. The summed E-state index contributed by atoms with van der Waals surface area (Å²) in [7, 11) is 0. The highest BCUT2D eigenvalue weighted by Crippen LogP contribution is 2.46. The molecular weight excluding hydrogens is 590 g/mol. The lowest BCUT2D eigenvalue weighted by molar-refractivity contribution is -0.156. The Morgan fingerprint density at radius 2 is 1.14 bits per heavy atom. The molecule has 0 unspecified atom stereocenters. The van der Waals surface area contributed by atoms with Gasteiger partial charge in [-0.2, -0.15) is 0 Å². The second-order valence-corrected chi connectivity index (χ2v) is 9.43. The highest BCUT2D eigenvalue weighted by atomic mass is 127. The zero-order valence-corrected chi connectivity index (χ0v) is 20.6. The van der Waals surface area contributed by atoms with Gasteiger partial charge in [0.25, 0.3) is 0 Å². The molecule has 0 N–H and O–H groups in total. The first-order valence-corrected chi connectivity index (χ1v) is 11.5. The maximum atomic E-state index is 13.2. The van der Waals surface area contributed by atoms with Crippen molar-refractivity contribution in [1.82, 2.24) is 0 Å². The van der Waals surface area contributed by atoms with Gasteiger partial charge in [0.05, 0.1) is 7.16 Å². The maximum absolute atomic E-state index is 13.2. The van der Waals surface area contributed by atoms with Crippen LogP contribution in [0.1, 0.15) is 40.5 Å². The average Bonchev–Trinajstić information content (AvgIpc) is 2.60. The standard InChI is InChI=1S/C20H24I2O6/c1-5-11-15(27-9(3)23)7-13(21)19(25)17(11)18-12(6-2)16(28-10(4)24)8-14(22)20(18)26/h7-8,11-12,15-18H,5-6H2,1-4H3/t11-,12-,15+,16+,17-,18-/m0/s1. The fourth-order valence-electron chi connectivity index (χ4n) is 4.27. The van der Waals surface area contributed by atoms with Crippen LogP contribution in [0.3, 0.4) is 0 Å². The summed E-state index contributed by atoms with van der Waals surface area (Å²) in [5.74, 6) is -2.94. The van der Waals surface area contributed by atoms with Crippen LogP contribution >= 0.6 is 45.2 Å². The number of halogens is 2. The Hall–Kier alpha value is -0.780. The molecule has 0 amide bonds. The van der Waals surface area contributed by atoms with Gasteiger partial charge in [-0.1, -0.05) is 13.8 Å². The highest BCUT2D eigenvalue weighted by Gasteiger charge is 2.51. The van der Waals surface area contributed by atoms with Crippen molar-refractivity contribution in [2.45, 2.75) is 52.7 Å². The number of rotatable bonds is 5. The van der Waals surface area contributed by atoms with Crippen LogP contribution in [0.2, 0.25) is 0 Å². The van der Waals surface area contributed by atoms with E-state index in [-0.39, 0.29) is 23.4 Å². The summed E-state index contributed by atoms with van der Waals surface area (Å²) in [6.45, 7) is 6.52. The first kappa shape index (κ1) is 23.5. The summed E-state index contributed by atoms with van der Waals surface area (Å²) < 4.78 is 11.9. The first-order chi connectivity index (χ1) is 13.1. The van der Waals surface area contributed by atoms with Gasteiger partial charge in [0.1, 0.15) is 12.2 Å². The third-order valence-electron chi connectivity index (χ3n) is 5.40. The molecule has 6 atom stereocenters. The number of ketones is 2. The Balaban J connectivity index is 2.53. The molecule has 0 saturated heterocycles. The molecule has 0 fully saturated rings. The minimum atomic E-state index is -0.625. The van der Waals surface area contributed by atoms with Crippen molar-refractivity contribution in [3.05, 3.63) is 19.3 Å². The van der Waals surface area contributed by atoms with Crippen LogP contribution in [0.5, 0.6) is 0 Å². The van der Waals surface area contributed by atoms with Crippen LogP contribution in [-0.4, -0.2) is 35.7 Å². The average molecular weight is 614 g/mol. The molecule has 0 aromatic heterocycles. The predicted octanol–water partition coefficient (Wildman–Crippen LogP) is 3.94. The number of ether oxygens (including phenoxy) is 2. The van der Waals surface area contributed by atoms with Crippen molar-refractivity contribution in [3.63, 3.8) is 0 Å². The molecule has 0 spiro atoms. The van der Waals surface area contributed by atoms with Crippen LogP contribution < -0.4 is 0 Å². The van der Waals surface area contributed by atoms with Gasteiger partial charge >= 0.3 is 11.9 Å². The maximum Gasteiger partial charge on any atom is 0.303 e. The molecule has 0 radical (unpaired) electrons. The second-order valence-electron chi connectivity index (χ2n) is 7.10. The number of Topliss-reactive ketones (excluding diaryl/α,β-unsaturated/α-hetero) is 2. The second kappa shape index (κ2) is 9.82. The number of allylic oxidation sites excluding steroid dienone is 2. The van der Waals surface area contributed by atoms with Gasteiger partial charge in [-0.3, -0.25) is 19.2 Å². The van der Waals surface area contributed by atoms with E-state index in [0.717, 1.165) is 0 Å². The Labute approximate surface area is 192 Å². The molecule has 2 aliphatic carbocycles. The summed E-state index contributed by atoms with van der Waals surface area (Å²) in [6, 6.07) is 0. The van der Waals surface area contributed by atoms with Crippen LogP contribution in [0, 0.1) is 23.7 Å². The van der Waals surface area contributed by atoms with Gasteiger partial charge in [-0.15, -0.1) is 0 Å². The van der Waals surface area contributed by atoms with E-state index in [1.54, 1.807) is 12.2 Å². The van der Waals surface area contributed by atoms with E-state index in [1.165, 1.54) is 13.8 Å². The van der Waals surface area contributed by atoms with E-state index in [2.05, 4.69) is 0 Å². The molecule has 154 valence electrons. The van der Waals surface area contributed by atoms with Gasteiger partial charge in [0.2, 0.25) is 0 Å². The molecule has 28 heavy (non-hydrogen) atoms. The molecular formula is C20H24I2O6. The summed E-state index contributed by atoms with van der Waals surface area (Å²) in [5.41, 5.74) is 0. The van der Waals surface area contributed by atoms with Gasteiger partial charge in [0.15, 0.2) is 11.6 Å². The van der Waals surface area contributed by atoms with Crippen molar-refractivity contribution in [2.24, 2.45) is 23.7 Å². The van der Waals surface area contributed by atoms with E-state index >= 15 is 0 Å². The van der Waals surface area contributed by atoms with Crippen molar-refractivity contribution in [1.29, 1.82) is 0 Å². The summed E-state index contributed by atoms with van der Waals surface area (Å²) >= 11 is 3.89. The summed E-state index contributed by atoms with van der Waals surface area (Å²) in [4.78, 5) is 49.5. The normalized spacial score (nSPS) is 33.1. The molecule has 0 heterocycles. The third-order valence-corrected chi connectivity index (χ3v) is 7.18. The molecule has 6 nitrogen and oxygen atoms in total. The van der Waals surface area contributed by atoms with Crippen molar-refractivity contribution in [3.8, 4) is 0 Å². The monoisotopic (exact) mass is 614 g/mol. The Morgan fingerprint density at radius 1 is 0.821 bits per heavy atom. The van der Waals surface area contributed by atoms with Gasteiger partial charge in [-0.05, 0) is 70.2 Å². The SMILES string of the molecule is CC[C@@H]1[C@@H]([C@H]2C(=O)C(I)=C[C@@H](OC(C)=O)[C@@H]2CC)C(=O)C(I)=C[C@H]1OC(C)=O. The molecule has 0 aromatic carbocycles. The molecule has 0 saturated carbocycles. The smallest absolute Gasteiger partial charge is 0.303 e. The Bertz CT molecular complexity index is 679. The molecule has 2 rings (SSSR count). The van der Waals surface area contributed by atoms with E-state index in [9.17, 15) is 19.2 Å². The van der Waals surface area contributed by atoms with Crippen LogP contribution in [0.4, 0.5) is 0 Å². The van der Waals surface area contributed by atoms with E-state index in [1.807, 2.05) is 59.0 Å². The van der Waals surface area contributed by atoms with E-state index < -0.39 is 36.0 Å². The zero-order chi connectivity index (χ0) is 21.2. The molecule has 8 heteroatoms. The van der Waals surface area contributed by atoms with E-state index in [0.29, 0.717) is 20.0 Å². The lowest BCUT2D eigenvalue weighted by Gasteiger charge is -2.43. The Kier molecular flexibility index (Phi) is 8.24. The number of esters is 2. The minimum absolute atomic E-state index is 0.111. The summed E-state index contributed by atoms with van der Waals surface area (Å²) in [6.07, 6.45) is 3.39. The van der Waals surface area contributed by atoms with Crippen LogP contribution in [-0.2, 0) is 28.7 Å². The predicted molar refractivity (Wildman–Crippen MR) is 120 cm³/mol. The van der Waals surface area contributed by atoms with Gasteiger partial charge < -0.3 is 9.47 Å². The van der Waals surface area contributed by atoms with Gasteiger partial charge in [0, 0.05) is 37.5 Å². The molecule has 0 aliphatic heterocycles. The zero-order valence-electron chi connectivity index (χ0n) is 16.2. The topological polar surface area (TPSA) is 86.7 Å². The van der Waals surface area contributed by atoms with Gasteiger partial charge in [-0.25, -0.2) is 0 Å². The number of carbonyl (C=O) groups is 4. The fourth-order valence-corrected chi connectivity index (χ4v) is 5.70. The fraction of sp³-hybridized carbons (Fsp3) is 0.600. The number of hydrogen-bond donors (Lipinski definition) is 0. The third kappa shape index (κ3) is 4.85. The van der Waals surface area contributed by atoms with Crippen molar-refractivity contribution in [2.75, 3.05) is 0 Å². The van der Waals surface area contributed by atoms with Crippen LogP contribution in [0.15, 0.2) is 19.3 Å². The van der Waals surface area contributed by atoms with Crippen molar-refractivity contribution < 1.29 is 28.7 Å². The van der Waals surface area contributed by atoms with Crippen LogP contribution in [0.25, 0.3) is 0 Å². The first-order valence-electron chi connectivity index (χ1n) is 9.29. The minimum Gasteiger partial charge on any atom is -0.458 e. The quantitative estimate of drug-likeness (QED) is 0.345.